The molecular weight excluding hydrogens is 260 g/mol. The van der Waals surface area contributed by atoms with Crippen LogP contribution in [0, 0.1) is 6.92 Å². The van der Waals surface area contributed by atoms with Crippen LogP contribution in [0.3, 0.4) is 0 Å². The minimum atomic E-state index is -0.554. The number of aliphatic hydroxyl groups is 1. The summed E-state index contributed by atoms with van der Waals surface area (Å²) < 4.78 is 5.85. The van der Waals surface area contributed by atoms with E-state index in [-0.39, 0.29) is 0 Å². The van der Waals surface area contributed by atoms with E-state index >= 15 is 0 Å². The van der Waals surface area contributed by atoms with Gasteiger partial charge in [0.1, 0.15) is 12.4 Å². The maximum atomic E-state index is 9.77. The zero-order valence-corrected chi connectivity index (χ0v) is 11.8. The molecule has 2 rings (SSSR count). The molecule has 1 atom stereocenters. The fraction of sp³-hybridized carbons (Fsp3) is 0.250. The molecule has 2 aromatic rings. The largest absolute Gasteiger partial charge is 0.488 e. The lowest BCUT2D eigenvalue weighted by Gasteiger charge is -2.16. The fourth-order valence-electron chi connectivity index (χ4n) is 1.97. The lowest BCUT2D eigenvalue weighted by atomic mass is 10.1. The molecule has 0 heterocycles. The Labute approximate surface area is 118 Å². The Bertz CT molecular complexity index is 564. The SMILES string of the molecule is Cc1cccc(C(C)O)c1OCc1ccccc1Cl. The third-order valence-electron chi connectivity index (χ3n) is 3.02. The quantitative estimate of drug-likeness (QED) is 0.903. The molecule has 0 fully saturated rings. The second kappa shape index (κ2) is 6.09. The normalized spacial score (nSPS) is 12.2. The molecule has 0 saturated carbocycles. The predicted octanol–water partition coefficient (Wildman–Crippen LogP) is 4.28. The summed E-state index contributed by atoms with van der Waals surface area (Å²) >= 11 is 6.10. The van der Waals surface area contributed by atoms with Crippen molar-refractivity contribution in [3.8, 4) is 5.75 Å². The molecule has 0 saturated heterocycles. The summed E-state index contributed by atoms with van der Waals surface area (Å²) in [6.45, 7) is 4.09. The van der Waals surface area contributed by atoms with Gasteiger partial charge < -0.3 is 9.84 Å². The average molecular weight is 277 g/mol. The molecule has 0 amide bonds. The number of halogens is 1. The first-order chi connectivity index (χ1) is 9.09. The summed E-state index contributed by atoms with van der Waals surface area (Å²) in [6.07, 6.45) is -0.554. The zero-order chi connectivity index (χ0) is 13.8. The molecule has 1 N–H and O–H groups in total. The molecule has 0 aliphatic heterocycles. The van der Waals surface area contributed by atoms with Crippen molar-refractivity contribution in [2.75, 3.05) is 0 Å². The van der Waals surface area contributed by atoms with Crippen molar-refractivity contribution >= 4 is 11.6 Å². The number of hydrogen-bond acceptors (Lipinski definition) is 2. The topological polar surface area (TPSA) is 29.5 Å². The van der Waals surface area contributed by atoms with Gasteiger partial charge in [0.25, 0.3) is 0 Å². The highest BCUT2D eigenvalue weighted by molar-refractivity contribution is 6.31. The lowest BCUT2D eigenvalue weighted by Crippen LogP contribution is -2.03. The molecule has 0 spiro atoms. The van der Waals surface area contributed by atoms with Crippen molar-refractivity contribution in [1.82, 2.24) is 0 Å². The van der Waals surface area contributed by atoms with Crippen molar-refractivity contribution in [1.29, 1.82) is 0 Å². The summed E-state index contributed by atoms with van der Waals surface area (Å²) in [5, 5.41) is 10.5. The third kappa shape index (κ3) is 3.28. The van der Waals surface area contributed by atoms with E-state index in [1.807, 2.05) is 49.4 Å². The van der Waals surface area contributed by atoms with Crippen LogP contribution in [-0.2, 0) is 6.61 Å². The first-order valence-electron chi connectivity index (χ1n) is 6.23. The molecule has 2 aromatic carbocycles. The van der Waals surface area contributed by atoms with E-state index in [1.54, 1.807) is 6.92 Å². The Balaban J connectivity index is 2.22. The van der Waals surface area contributed by atoms with Crippen LogP contribution in [0.4, 0.5) is 0 Å². The van der Waals surface area contributed by atoms with Crippen LogP contribution >= 0.6 is 11.6 Å². The highest BCUT2D eigenvalue weighted by Crippen LogP contribution is 2.30. The average Bonchev–Trinajstić information content (AvgIpc) is 2.38. The van der Waals surface area contributed by atoms with Gasteiger partial charge in [0.15, 0.2) is 0 Å². The summed E-state index contributed by atoms with van der Waals surface area (Å²) in [5.41, 5.74) is 2.74. The number of hydrogen-bond donors (Lipinski definition) is 1. The second-order valence-corrected chi connectivity index (χ2v) is 4.96. The predicted molar refractivity (Wildman–Crippen MR) is 77.6 cm³/mol. The highest BCUT2D eigenvalue weighted by Gasteiger charge is 2.12. The molecule has 0 bridgehead atoms. The first-order valence-corrected chi connectivity index (χ1v) is 6.61. The summed E-state index contributed by atoms with van der Waals surface area (Å²) in [4.78, 5) is 0. The van der Waals surface area contributed by atoms with Gasteiger partial charge in [-0.05, 0) is 25.5 Å². The van der Waals surface area contributed by atoms with E-state index in [0.717, 1.165) is 22.4 Å². The van der Waals surface area contributed by atoms with Gasteiger partial charge in [0, 0.05) is 16.1 Å². The van der Waals surface area contributed by atoms with Gasteiger partial charge >= 0.3 is 0 Å². The number of rotatable bonds is 4. The van der Waals surface area contributed by atoms with Crippen LogP contribution in [0.25, 0.3) is 0 Å². The number of aliphatic hydroxyl groups excluding tert-OH is 1. The van der Waals surface area contributed by atoms with Gasteiger partial charge in [-0.2, -0.15) is 0 Å². The first kappa shape index (κ1) is 13.9. The Kier molecular flexibility index (Phi) is 4.46. The maximum Gasteiger partial charge on any atom is 0.128 e. The monoisotopic (exact) mass is 276 g/mol. The highest BCUT2D eigenvalue weighted by atomic mass is 35.5. The molecule has 0 radical (unpaired) electrons. The van der Waals surface area contributed by atoms with Crippen molar-refractivity contribution in [2.24, 2.45) is 0 Å². The zero-order valence-electron chi connectivity index (χ0n) is 11.1. The Morgan fingerprint density at radius 3 is 2.58 bits per heavy atom. The summed E-state index contributed by atoms with van der Waals surface area (Å²) in [6, 6.07) is 13.3. The van der Waals surface area contributed by atoms with E-state index in [0.29, 0.717) is 11.6 Å². The molecule has 0 aliphatic carbocycles. The maximum absolute atomic E-state index is 9.77. The van der Waals surface area contributed by atoms with Gasteiger partial charge in [-0.15, -0.1) is 0 Å². The van der Waals surface area contributed by atoms with Crippen LogP contribution in [0.2, 0.25) is 5.02 Å². The van der Waals surface area contributed by atoms with Gasteiger partial charge in [0.05, 0.1) is 6.10 Å². The molecule has 0 aliphatic rings. The summed E-state index contributed by atoms with van der Waals surface area (Å²) in [5.74, 6) is 0.734. The van der Waals surface area contributed by atoms with Crippen LogP contribution in [-0.4, -0.2) is 5.11 Å². The molecule has 0 aromatic heterocycles. The Hall–Kier alpha value is -1.51. The van der Waals surface area contributed by atoms with Crippen LogP contribution < -0.4 is 4.74 Å². The van der Waals surface area contributed by atoms with E-state index in [1.165, 1.54) is 0 Å². The van der Waals surface area contributed by atoms with Crippen molar-refractivity contribution in [3.05, 3.63) is 64.2 Å². The van der Waals surface area contributed by atoms with E-state index in [9.17, 15) is 5.11 Å². The molecule has 19 heavy (non-hydrogen) atoms. The molecule has 3 heteroatoms. The van der Waals surface area contributed by atoms with E-state index < -0.39 is 6.10 Å². The van der Waals surface area contributed by atoms with Gasteiger partial charge in [-0.1, -0.05) is 48.0 Å². The number of aryl methyl sites for hydroxylation is 1. The third-order valence-corrected chi connectivity index (χ3v) is 3.39. The standard InChI is InChI=1S/C16H17ClO2/c1-11-6-5-8-14(12(2)18)16(11)19-10-13-7-3-4-9-15(13)17/h3-9,12,18H,10H2,1-2H3. The Morgan fingerprint density at radius 2 is 1.89 bits per heavy atom. The lowest BCUT2D eigenvalue weighted by molar-refractivity contribution is 0.190. The fourth-order valence-corrected chi connectivity index (χ4v) is 2.16. The Morgan fingerprint density at radius 1 is 1.16 bits per heavy atom. The van der Waals surface area contributed by atoms with Gasteiger partial charge in [-0.3, -0.25) is 0 Å². The number of para-hydroxylation sites is 1. The van der Waals surface area contributed by atoms with Crippen molar-refractivity contribution in [3.63, 3.8) is 0 Å². The minimum Gasteiger partial charge on any atom is -0.488 e. The second-order valence-electron chi connectivity index (χ2n) is 4.55. The summed E-state index contributed by atoms with van der Waals surface area (Å²) in [7, 11) is 0. The van der Waals surface area contributed by atoms with Crippen molar-refractivity contribution < 1.29 is 9.84 Å². The van der Waals surface area contributed by atoms with Gasteiger partial charge in [-0.25, -0.2) is 0 Å². The van der Waals surface area contributed by atoms with E-state index in [2.05, 4.69) is 0 Å². The molecule has 2 nitrogen and oxygen atoms in total. The molecular formula is C16H17ClO2. The van der Waals surface area contributed by atoms with E-state index in [4.69, 9.17) is 16.3 Å². The number of ether oxygens (including phenoxy) is 1. The smallest absolute Gasteiger partial charge is 0.128 e. The number of benzene rings is 2. The van der Waals surface area contributed by atoms with Crippen LogP contribution in [0.5, 0.6) is 5.75 Å². The molecule has 1 unspecified atom stereocenters. The van der Waals surface area contributed by atoms with Crippen molar-refractivity contribution in [2.45, 2.75) is 26.6 Å². The van der Waals surface area contributed by atoms with Gasteiger partial charge in [0.2, 0.25) is 0 Å². The van der Waals surface area contributed by atoms with Crippen LogP contribution in [0.1, 0.15) is 29.7 Å². The molecule has 100 valence electrons. The van der Waals surface area contributed by atoms with Crippen LogP contribution in [0.15, 0.2) is 42.5 Å². The minimum absolute atomic E-state index is 0.393.